The number of hydrogen-bond acceptors (Lipinski definition) is 6. The molecular formula is C19H23NO6S2. The Hall–Kier alpha value is -2.10. The van der Waals surface area contributed by atoms with Gasteiger partial charge in [-0.05, 0) is 35.7 Å². The number of nitrogens with zero attached hydrogens (tertiary/aromatic N) is 1. The molecule has 0 aliphatic carbocycles. The van der Waals surface area contributed by atoms with Gasteiger partial charge < -0.3 is 10.2 Å². The maximum Gasteiger partial charge on any atom is 0.264 e. The summed E-state index contributed by atoms with van der Waals surface area (Å²) < 4.78 is 51.7. The molecule has 9 heteroatoms. The summed E-state index contributed by atoms with van der Waals surface area (Å²) in [5.74, 6) is -0.939. The van der Waals surface area contributed by atoms with Gasteiger partial charge in [-0.3, -0.25) is 4.31 Å². The molecule has 0 spiro atoms. The van der Waals surface area contributed by atoms with E-state index < -0.39 is 43.5 Å². The van der Waals surface area contributed by atoms with Crippen molar-refractivity contribution in [1.29, 1.82) is 0 Å². The Morgan fingerprint density at radius 1 is 1.07 bits per heavy atom. The number of sulfone groups is 1. The van der Waals surface area contributed by atoms with E-state index in [9.17, 15) is 27.0 Å². The second-order valence-electron chi connectivity index (χ2n) is 7.26. The number of phenolic OH excluding ortho intramolecular Hbond substituents is 1. The highest BCUT2D eigenvalue weighted by atomic mass is 32.2. The Kier molecular flexibility index (Phi) is 5.44. The fourth-order valence-corrected chi connectivity index (χ4v) is 6.85. The van der Waals surface area contributed by atoms with E-state index in [1.165, 1.54) is 36.4 Å². The predicted molar refractivity (Wildman–Crippen MR) is 107 cm³/mol. The summed E-state index contributed by atoms with van der Waals surface area (Å²) in [7, 11) is -7.77. The number of aliphatic hydroxyl groups is 1. The number of anilines is 1. The Labute approximate surface area is 165 Å². The van der Waals surface area contributed by atoms with Crippen molar-refractivity contribution in [2.45, 2.75) is 36.8 Å². The minimum absolute atomic E-state index is 0.0169. The van der Waals surface area contributed by atoms with E-state index >= 15 is 0 Å². The van der Waals surface area contributed by atoms with Gasteiger partial charge in [0.2, 0.25) is 0 Å². The first-order chi connectivity index (χ1) is 13.0. The fourth-order valence-electron chi connectivity index (χ4n) is 3.31. The lowest BCUT2D eigenvalue weighted by atomic mass is 10.0. The number of sulfonamides is 1. The molecular weight excluding hydrogens is 402 g/mol. The molecule has 1 heterocycles. The van der Waals surface area contributed by atoms with E-state index in [1.807, 2.05) is 13.8 Å². The second-order valence-corrected chi connectivity index (χ2v) is 11.2. The van der Waals surface area contributed by atoms with Crippen molar-refractivity contribution in [3.63, 3.8) is 0 Å². The molecule has 1 aliphatic heterocycles. The number of rotatable bonds is 5. The molecule has 2 aromatic carbocycles. The molecule has 1 fully saturated rings. The molecule has 152 valence electrons. The molecule has 0 unspecified atom stereocenters. The van der Waals surface area contributed by atoms with Gasteiger partial charge in [-0.1, -0.05) is 32.0 Å². The molecule has 0 amide bonds. The van der Waals surface area contributed by atoms with Crippen LogP contribution in [0.15, 0.2) is 53.4 Å². The van der Waals surface area contributed by atoms with Crippen molar-refractivity contribution in [2.75, 3.05) is 15.8 Å². The van der Waals surface area contributed by atoms with E-state index in [4.69, 9.17) is 0 Å². The first kappa shape index (κ1) is 20.6. The zero-order valence-corrected chi connectivity index (χ0v) is 17.2. The summed E-state index contributed by atoms with van der Waals surface area (Å²) in [6.45, 7) is 3.98. The summed E-state index contributed by atoms with van der Waals surface area (Å²) in [5, 5.41) is 20.1. The molecule has 0 radical (unpaired) electrons. The molecule has 28 heavy (non-hydrogen) atoms. The molecule has 0 bridgehead atoms. The van der Waals surface area contributed by atoms with Crippen LogP contribution in [0.4, 0.5) is 5.69 Å². The lowest BCUT2D eigenvalue weighted by Crippen LogP contribution is -2.47. The molecule has 0 saturated carbocycles. The monoisotopic (exact) mass is 425 g/mol. The van der Waals surface area contributed by atoms with Gasteiger partial charge in [0.05, 0.1) is 34.2 Å². The quantitative estimate of drug-likeness (QED) is 0.756. The average Bonchev–Trinajstić information content (AvgIpc) is 2.87. The molecule has 2 aromatic rings. The average molecular weight is 426 g/mol. The smallest absolute Gasteiger partial charge is 0.264 e. The summed E-state index contributed by atoms with van der Waals surface area (Å²) in [5.41, 5.74) is 1.06. The van der Waals surface area contributed by atoms with Gasteiger partial charge in [-0.15, -0.1) is 0 Å². The number of hydrogen-bond donors (Lipinski definition) is 2. The highest BCUT2D eigenvalue weighted by Gasteiger charge is 2.45. The normalized spacial score (nSPS) is 21.7. The first-order valence-electron chi connectivity index (χ1n) is 8.83. The van der Waals surface area contributed by atoms with Crippen molar-refractivity contribution in [1.82, 2.24) is 0 Å². The zero-order valence-electron chi connectivity index (χ0n) is 15.6. The summed E-state index contributed by atoms with van der Waals surface area (Å²) >= 11 is 0. The topological polar surface area (TPSA) is 112 Å². The first-order valence-corrected chi connectivity index (χ1v) is 12.1. The van der Waals surface area contributed by atoms with Crippen molar-refractivity contribution in [3.05, 3.63) is 54.1 Å². The van der Waals surface area contributed by atoms with E-state index in [2.05, 4.69) is 0 Å². The Morgan fingerprint density at radius 2 is 1.71 bits per heavy atom. The maximum atomic E-state index is 13.4. The molecule has 0 aromatic heterocycles. The Morgan fingerprint density at radius 3 is 2.21 bits per heavy atom. The minimum Gasteiger partial charge on any atom is -0.508 e. The lowest BCUT2D eigenvalue weighted by Gasteiger charge is -2.31. The van der Waals surface area contributed by atoms with Crippen LogP contribution in [0.1, 0.15) is 25.3 Å². The van der Waals surface area contributed by atoms with Gasteiger partial charge in [0, 0.05) is 6.07 Å². The largest absolute Gasteiger partial charge is 0.508 e. The third-order valence-corrected chi connectivity index (χ3v) is 8.35. The van der Waals surface area contributed by atoms with Crippen LogP contribution in [0.3, 0.4) is 0 Å². The summed E-state index contributed by atoms with van der Waals surface area (Å²) in [6.07, 6.45) is -1.36. The molecule has 1 aliphatic rings. The molecule has 7 nitrogen and oxygen atoms in total. The Bertz CT molecular complexity index is 1060. The van der Waals surface area contributed by atoms with Gasteiger partial charge in [-0.25, -0.2) is 16.8 Å². The van der Waals surface area contributed by atoms with Gasteiger partial charge in [-0.2, -0.15) is 0 Å². The SMILES string of the molecule is CC(C)c1ccc(S(=O)(=O)N(c2cccc(O)c2)[C@@H]2CS(=O)(=O)C[C@H]2O)cc1. The lowest BCUT2D eigenvalue weighted by molar-refractivity contribution is 0.184. The molecule has 3 rings (SSSR count). The van der Waals surface area contributed by atoms with Gasteiger partial charge in [0.1, 0.15) is 5.75 Å². The van der Waals surface area contributed by atoms with Crippen molar-refractivity contribution in [2.24, 2.45) is 0 Å². The summed E-state index contributed by atoms with van der Waals surface area (Å²) in [6, 6.07) is 10.7. The van der Waals surface area contributed by atoms with Gasteiger partial charge in [0.25, 0.3) is 10.0 Å². The van der Waals surface area contributed by atoms with Crippen LogP contribution < -0.4 is 4.31 Å². The number of phenols is 1. The van der Waals surface area contributed by atoms with Crippen LogP contribution in [0.25, 0.3) is 0 Å². The second kappa shape index (κ2) is 7.38. The van der Waals surface area contributed by atoms with Crippen LogP contribution in [0.5, 0.6) is 5.75 Å². The van der Waals surface area contributed by atoms with Crippen LogP contribution in [0.2, 0.25) is 0 Å². The zero-order chi connectivity index (χ0) is 20.7. The highest BCUT2D eigenvalue weighted by Crippen LogP contribution is 2.33. The molecule has 2 N–H and O–H groups in total. The standard InChI is InChI=1S/C19H23NO6S2/c1-13(2)14-6-8-17(9-7-14)28(25,26)20(15-4-3-5-16(21)10-15)18-11-27(23,24)12-19(18)22/h3-10,13,18-19,21-22H,11-12H2,1-2H3/t18-,19-/m1/s1. The fraction of sp³-hybridized carbons (Fsp3) is 0.368. The Balaban J connectivity index is 2.13. The molecule has 1 saturated heterocycles. The highest BCUT2D eigenvalue weighted by molar-refractivity contribution is 7.93. The van der Waals surface area contributed by atoms with E-state index in [-0.39, 0.29) is 22.3 Å². The number of aromatic hydroxyl groups is 1. The van der Waals surface area contributed by atoms with E-state index in [1.54, 1.807) is 12.1 Å². The predicted octanol–water partition coefficient (Wildman–Crippen LogP) is 1.87. The van der Waals surface area contributed by atoms with Crippen LogP contribution in [-0.2, 0) is 19.9 Å². The van der Waals surface area contributed by atoms with Crippen LogP contribution in [0, 0.1) is 0 Å². The van der Waals surface area contributed by atoms with Crippen molar-refractivity contribution < 1.29 is 27.0 Å². The van der Waals surface area contributed by atoms with E-state index in [0.717, 1.165) is 9.87 Å². The minimum atomic E-state index is -4.18. The van der Waals surface area contributed by atoms with Crippen LogP contribution >= 0.6 is 0 Å². The van der Waals surface area contributed by atoms with E-state index in [0.29, 0.717) is 0 Å². The summed E-state index contributed by atoms with van der Waals surface area (Å²) in [4.78, 5) is -0.0169. The van der Waals surface area contributed by atoms with Gasteiger partial charge >= 0.3 is 0 Å². The molecule has 2 atom stereocenters. The third kappa shape index (κ3) is 4.01. The van der Waals surface area contributed by atoms with Crippen molar-refractivity contribution >= 4 is 25.5 Å². The van der Waals surface area contributed by atoms with Gasteiger partial charge in [0.15, 0.2) is 9.84 Å². The number of aliphatic hydroxyl groups excluding tert-OH is 1. The third-order valence-electron chi connectivity index (χ3n) is 4.78. The van der Waals surface area contributed by atoms with Crippen molar-refractivity contribution in [3.8, 4) is 5.75 Å². The number of benzene rings is 2. The maximum absolute atomic E-state index is 13.4. The van der Waals surface area contributed by atoms with Crippen LogP contribution in [-0.4, -0.2) is 50.7 Å².